The molecule has 1 heterocycles. The predicted molar refractivity (Wildman–Crippen MR) is 100 cm³/mol. The maximum absolute atomic E-state index is 12.9. The minimum Gasteiger partial charge on any atom is -0.433 e. The fourth-order valence-corrected chi connectivity index (χ4v) is 3.19. The van der Waals surface area contributed by atoms with Crippen LogP contribution in [0.5, 0.6) is 5.75 Å². The molecule has 28 heavy (non-hydrogen) atoms. The van der Waals surface area contributed by atoms with Crippen LogP contribution in [-0.2, 0) is 0 Å². The number of nitrogens with zero attached hydrogens (tertiary/aromatic N) is 2. The first-order chi connectivity index (χ1) is 13.5. The average molecular weight is 391 g/mol. The van der Waals surface area contributed by atoms with Gasteiger partial charge in [-0.1, -0.05) is 12.1 Å². The number of anilines is 2. The first kappa shape index (κ1) is 19.5. The Morgan fingerprint density at radius 2 is 1.86 bits per heavy atom. The molecule has 7 nitrogen and oxygen atoms in total. The maximum Gasteiger partial charge on any atom is 0.387 e. The number of amides is 1. The molecule has 0 aliphatic carbocycles. The van der Waals surface area contributed by atoms with Crippen molar-refractivity contribution in [1.29, 1.82) is 0 Å². The van der Waals surface area contributed by atoms with Gasteiger partial charge in [0.25, 0.3) is 11.6 Å². The van der Waals surface area contributed by atoms with Crippen molar-refractivity contribution in [1.82, 2.24) is 0 Å². The van der Waals surface area contributed by atoms with Crippen molar-refractivity contribution >= 4 is 23.0 Å². The summed E-state index contributed by atoms with van der Waals surface area (Å²) in [5.41, 5.74) is 0.532. The summed E-state index contributed by atoms with van der Waals surface area (Å²) < 4.78 is 29.6. The molecule has 2 aromatic rings. The fourth-order valence-electron chi connectivity index (χ4n) is 3.19. The number of hydrogen-bond acceptors (Lipinski definition) is 5. The van der Waals surface area contributed by atoms with Gasteiger partial charge in [-0.05, 0) is 37.5 Å². The molecule has 0 atom stereocenters. The summed E-state index contributed by atoms with van der Waals surface area (Å²) in [7, 11) is 0. The summed E-state index contributed by atoms with van der Waals surface area (Å²) in [5.74, 6) is -0.814. The normalized spacial score (nSPS) is 14.0. The first-order valence-electron chi connectivity index (χ1n) is 8.84. The number of hydrogen-bond donors (Lipinski definition) is 1. The molecule has 1 fully saturated rings. The van der Waals surface area contributed by atoms with Crippen LogP contribution in [0.2, 0.25) is 0 Å². The van der Waals surface area contributed by atoms with Crippen LogP contribution in [-0.4, -0.2) is 30.5 Å². The summed E-state index contributed by atoms with van der Waals surface area (Å²) in [4.78, 5) is 25.5. The zero-order valence-corrected chi connectivity index (χ0v) is 14.9. The van der Waals surface area contributed by atoms with Gasteiger partial charge in [0.15, 0.2) is 0 Å². The molecule has 0 saturated carbocycles. The maximum atomic E-state index is 12.9. The SMILES string of the molecule is O=C(Nc1ccccc1OC(F)F)c1cc([N+](=O)[O-])ccc1N1CCCCC1. The predicted octanol–water partition coefficient (Wildman–Crippen LogP) is 4.44. The molecule has 3 rings (SSSR count). The zero-order valence-electron chi connectivity index (χ0n) is 14.9. The van der Waals surface area contributed by atoms with E-state index >= 15 is 0 Å². The number of carbonyl (C=O) groups excluding carboxylic acids is 1. The molecule has 1 N–H and O–H groups in total. The Morgan fingerprint density at radius 1 is 1.14 bits per heavy atom. The van der Waals surface area contributed by atoms with E-state index in [0.717, 1.165) is 32.4 Å². The molecule has 0 aromatic heterocycles. The van der Waals surface area contributed by atoms with Gasteiger partial charge in [0, 0.05) is 25.2 Å². The van der Waals surface area contributed by atoms with Crippen LogP contribution < -0.4 is 15.0 Å². The molecule has 0 bridgehead atoms. The molecule has 148 valence electrons. The van der Waals surface area contributed by atoms with E-state index in [1.807, 2.05) is 4.90 Å². The number of halogens is 2. The number of ether oxygens (including phenoxy) is 1. The van der Waals surface area contributed by atoms with Crippen LogP contribution >= 0.6 is 0 Å². The Balaban J connectivity index is 1.93. The van der Waals surface area contributed by atoms with Crippen molar-refractivity contribution in [2.24, 2.45) is 0 Å². The van der Waals surface area contributed by atoms with E-state index < -0.39 is 17.4 Å². The van der Waals surface area contributed by atoms with E-state index in [1.54, 1.807) is 12.1 Å². The van der Waals surface area contributed by atoms with Crippen molar-refractivity contribution in [2.45, 2.75) is 25.9 Å². The van der Waals surface area contributed by atoms with Gasteiger partial charge in [-0.3, -0.25) is 14.9 Å². The molecule has 1 aliphatic heterocycles. The highest BCUT2D eigenvalue weighted by Gasteiger charge is 2.23. The van der Waals surface area contributed by atoms with E-state index in [4.69, 9.17) is 0 Å². The van der Waals surface area contributed by atoms with Crippen LogP contribution in [0.4, 0.5) is 25.8 Å². The topological polar surface area (TPSA) is 84.7 Å². The second kappa shape index (κ2) is 8.64. The number of nitro groups is 1. The van der Waals surface area contributed by atoms with Gasteiger partial charge < -0.3 is 15.0 Å². The second-order valence-corrected chi connectivity index (χ2v) is 6.34. The van der Waals surface area contributed by atoms with Crippen LogP contribution in [0.3, 0.4) is 0 Å². The van der Waals surface area contributed by atoms with E-state index in [2.05, 4.69) is 10.1 Å². The number of rotatable bonds is 6. The van der Waals surface area contributed by atoms with Gasteiger partial charge >= 0.3 is 6.61 Å². The Hall–Kier alpha value is -3.23. The van der Waals surface area contributed by atoms with Gasteiger partial charge in [-0.25, -0.2) is 0 Å². The molecule has 0 radical (unpaired) electrons. The van der Waals surface area contributed by atoms with Crippen molar-refractivity contribution in [3.63, 3.8) is 0 Å². The number of benzene rings is 2. The molecule has 9 heteroatoms. The van der Waals surface area contributed by atoms with Crippen LogP contribution in [0, 0.1) is 10.1 Å². The quantitative estimate of drug-likeness (QED) is 0.581. The van der Waals surface area contributed by atoms with Crippen molar-refractivity contribution in [3.05, 3.63) is 58.1 Å². The highest BCUT2D eigenvalue weighted by molar-refractivity contribution is 6.09. The van der Waals surface area contributed by atoms with Crippen molar-refractivity contribution in [2.75, 3.05) is 23.3 Å². The second-order valence-electron chi connectivity index (χ2n) is 6.34. The van der Waals surface area contributed by atoms with Crippen LogP contribution in [0.15, 0.2) is 42.5 Å². The average Bonchev–Trinajstić information content (AvgIpc) is 2.69. The lowest BCUT2D eigenvalue weighted by atomic mass is 10.1. The van der Waals surface area contributed by atoms with Crippen LogP contribution in [0.1, 0.15) is 29.6 Å². The summed E-state index contributed by atoms with van der Waals surface area (Å²) in [6, 6.07) is 9.91. The third-order valence-electron chi connectivity index (χ3n) is 4.48. The van der Waals surface area contributed by atoms with Crippen molar-refractivity contribution in [3.8, 4) is 5.75 Å². The minimum absolute atomic E-state index is 0.0592. The molecule has 2 aromatic carbocycles. The summed E-state index contributed by atoms with van der Waals surface area (Å²) in [6.45, 7) is -1.56. The van der Waals surface area contributed by atoms with E-state index in [1.165, 1.54) is 30.3 Å². The molecule has 0 unspecified atom stereocenters. The highest BCUT2D eigenvalue weighted by Crippen LogP contribution is 2.31. The molecule has 0 spiro atoms. The smallest absolute Gasteiger partial charge is 0.387 e. The Bertz CT molecular complexity index is 870. The number of alkyl halides is 2. The third kappa shape index (κ3) is 4.54. The number of nitrogens with one attached hydrogen (secondary N) is 1. The lowest BCUT2D eigenvalue weighted by molar-refractivity contribution is -0.384. The zero-order chi connectivity index (χ0) is 20.1. The lowest BCUT2D eigenvalue weighted by Crippen LogP contribution is -2.31. The fraction of sp³-hybridized carbons (Fsp3) is 0.316. The largest absolute Gasteiger partial charge is 0.433 e. The number of nitro benzene ring substituents is 1. The van der Waals surface area contributed by atoms with E-state index in [0.29, 0.717) is 5.69 Å². The molecule has 1 aliphatic rings. The molecular formula is C19H19F2N3O4. The summed E-state index contributed by atoms with van der Waals surface area (Å²) in [6.07, 6.45) is 3.01. The molecule has 1 saturated heterocycles. The van der Waals surface area contributed by atoms with E-state index in [-0.39, 0.29) is 22.7 Å². The van der Waals surface area contributed by atoms with Gasteiger partial charge in [0.05, 0.1) is 21.9 Å². The number of carbonyl (C=O) groups is 1. The monoisotopic (exact) mass is 391 g/mol. The van der Waals surface area contributed by atoms with Crippen molar-refractivity contribution < 1.29 is 23.2 Å². The first-order valence-corrected chi connectivity index (χ1v) is 8.84. The molecule has 1 amide bonds. The number of non-ortho nitro benzene ring substituents is 1. The van der Waals surface area contributed by atoms with Crippen LogP contribution in [0.25, 0.3) is 0 Å². The Labute approximate surface area is 160 Å². The number of piperidine rings is 1. The Kier molecular flexibility index (Phi) is 6.03. The summed E-state index contributed by atoms with van der Waals surface area (Å²) in [5, 5.41) is 13.7. The minimum atomic E-state index is -3.04. The van der Waals surface area contributed by atoms with Gasteiger partial charge in [0.2, 0.25) is 0 Å². The van der Waals surface area contributed by atoms with E-state index in [9.17, 15) is 23.7 Å². The summed E-state index contributed by atoms with van der Waals surface area (Å²) >= 11 is 0. The Morgan fingerprint density at radius 3 is 2.54 bits per heavy atom. The third-order valence-corrected chi connectivity index (χ3v) is 4.48. The van der Waals surface area contributed by atoms with Gasteiger partial charge in [-0.15, -0.1) is 0 Å². The van der Waals surface area contributed by atoms with Gasteiger partial charge in [0.1, 0.15) is 5.75 Å². The van der Waals surface area contributed by atoms with Gasteiger partial charge in [-0.2, -0.15) is 8.78 Å². The number of para-hydroxylation sites is 2. The molecular weight excluding hydrogens is 372 g/mol. The lowest BCUT2D eigenvalue weighted by Gasteiger charge is -2.30. The highest BCUT2D eigenvalue weighted by atomic mass is 19.3. The standard InChI is InChI=1S/C19H19F2N3O4/c20-19(21)28-17-7-3-2-6-15(17)22-18(25)14-12-13(24(26)27)8-9-16(14)23-10-4-1-5-11-23/h2-3,6-9,12,19H,1,4-5,10-11H2,(H,22,25).